The molecule has 1 fully saturated rings. The maximum absolute atomic E-state index is 10.5. The smallest absolute Gasteiger partial charge is 0.119 e. The number of hydrogen-bond acceptors (Lipinski definition) is 3. The third kappa shape index (κ3) is 24.2. The van der Waals surface area contributed by atoms with E-state index >= 15 is 0 Å². The van der Waals surface area contributed by atoms with Crippen LogP contribution >= 0.6 is 0 Å². The minimum atomic E-state index is 0.752. The largest absolute Gasteiger partial charge is 0.379 e. The summed E-state index contributed by atoms with van der Waals surface area (Å²) in [7, 11) is 0. The summed E-state index contributed by atoms with van der Waals surface area (Å²) in [5, 5.41) is 0. The van der Waals surface area contributed by atoms with Gasteiger partial charge in [-0.2, -0.15) is 0 Å². The molecule has 1 aliphatic rings. The zero-order chi connectivity index (χ0) is 28.8. The zero-order valence-corrected chi connectivity index (χ0v) is 27.6. The summed E-state index contributed by atoms with van der Waals surface area (Å²) in [5.41, 5.74) is 0. The van der Waals surface area contributed by atoms with E-state index < -0.39 is 0 Å². The highest BCUT2D eigenvalue weighted by Gasteiger charge is 2.14. The summed E-state index contributed by atoms with van der Waals surface area (Å²) in [6.45, 7) is 10.1. The van der Waals surface area contributed by atoms with Crippen LogP contribution in [0.1, 0.15) is 187 Å². The summed E-state index contributed by atoms with van der Waals surface area (Å²) in [5.74, 6) is 1.93. The van der Waals surface area contributed by atoms with Gasteiger partial charge in [-0.15, -0.1) is 0 Å². The van der Waals surface area contributed by atoms with Crippen molar-refractivity contribution < 1.29 is 9.53 Å². The second-order valence-corrected chi connectivity index (χ2v) is 13.2. The molecule has 0 bridgehead atoms. The van der Waals surface area contributed by atoms with Gasteiger partial charge in [0.15, 0.2) is 0 Å². The van der Waals surface area contributed by atoms with Crippen LogP contribution in [0, 0.1) is 11.8 Å². The lowest BCUT2D eigenvalue weighted by Gasteiger charge is -2.28. The molecule has 3 nitrogen and oxygen atoms in total. The van der Waals surface area contributed by atoms with E-state index in [9.17, 15) is 4.79 Å². The van der Waals surface area contributed by atoms with Crippen LogP contribution in [0.4, 0.5) is 0 Å². The van der Waals surface area contributed by atoms with Crippen LogP contribution in [0.25, 0.3) is 0 Å². The molecular weight excluding hydrogens is 490 g/mol. The minimum Gasteiger partial charge on any atom is -0.379 e. The Morgan fingerprint density at radius 2 is 0.900 bits per heavy atom. The highest BCUT2D eigenvalue weighted by atomic mass is 16.5. The molecule has 0 amide bonds. The Morgan fingerprint density at radius 3 is 1.32 bits per heavy atom. The van der Waals surface area contributed by atoms with Crippen molar-refractivity contribution in [2.24, 2.45) is 11.8 Å². The quantitative estimate of drug-likeness (QED) is 0.0620. The molecule has 1 saturated heterocycles. The lowest BCUT2D eigenvalue weighted by atomic mass is 9.90. The third-order valence-corrected chi connectivity index (χ3v) is 9.55. The summed E-state index contributed by atoms with van der Waals surface area (Å²) in [6, 6.07) is 0. The molecule has 238 valence electrons. The van der Waals surface area contributed by atoms with E-state index in [4.69, 9.17) is 4.74 Å². The number of hydrogen-bond donors (Lipinski definition) is 0. The molecular formula is C37H73NO2. The van der Waals surface area contributed by atoms with Gasteiger partial charge in [-0.1, -0.05) is 168 Å². The van der Waals surface area contributed by atoms with Crippen molar-refractivity contribution in [1.82, 2.24) is 4.90 Å². The van der Waals surface area contributed by atoms with Gasteiger partial charge in [0, 0.05) is 19.5 Å². The van der Waals surface area contributed by atoms with Crippen LogP contribution in [0.5, 0.6) is 0 Å². The molecule has 0 radical (unpaired) electrons. The van der Waals surface area contributed by atoms with E-state index in [0.717, 1.165) is 57.3 Å². The van der Waals surface area contributed by atoms with E-state index in [1.54, 1.807) is 0 Å². The summed E-state index contributed by atoms with van der Waals surface area (Å²) in [6.07, 6.45) is 38.5. The molecule has 40 heavy (non-hydrogen) atoms. The first-order valence-electron chi connectivity index (χ1n) is 18.5. The average Bonchev–Trinajstić information content (AvgIpc) is 2.98. The van der Waals surface area contributed by atoms with Gasteiger partial charge in [0.2, 0.25) is 0 Å². The van der Waals surface area contributed by atoms with Gasteiger partial charge in [-0.25, -0.2) is 0 Å². The SMILES string of the molecule is CCCCCC(CCCCC)CCCCCCCCCCC(CCCCCCCCC=O)CCN1CCOCC1. The Morgan fingerprint density at radius 1 is 0.525 bits per heavy atom. The first-order valence-corrected chi connectivity index (χ1v) is 18.5. The van der Waals surface area contributed by atoms with Crippen molar-refractivity contribution in [1.29, 1.82) is 0 Å². The van der Waals surface area contributed by atoms with Gasteiger partial charge in [-0.05, 0) is 31.2 Å². The van der Waals surface area contributed by atoms with Crippen molar-refractivity contribution >= 4 is 6.29 Å². The van der Waals surface area contributed by atoms with Crippen LogP contribution in [0.15, 0.2) is 0 Å². The number of carbonyl (C=O) groups is 1. The molecule has 0 saturated carbocycles. The summed E-state index contributed by atoms with van der Waals surface area (Å²) < 4.78 is 5.55. The number of carbonyl (C=O) groups excluding carboxylic acids is 1. The Bertz CT molecular complexity index is 494. The molecule has 1 aliphatic heterocycles. The molecule has 1 unspecified atom stereocenters. The van der Waals surface area contributed by atoms with Crippen LogP contribution in [0.3, 0.4) is 0 Å². The normalized spacial score (nSPS) is 15.2. The number of morpholine rings is 1. The average molecular weight is 564 g/mol. The van der Waals surface area contributed by atoms with E-state index in [1.807, 2.05) is 0 Å². The van der Waals surface area contributed by atoms with Gasteiger partial charge in [0.1, 0.15) is 6.29 Å². The molecule has 0 aromatic heterocycles. The van der Waals surface area contributed by atoms with E-state index in [1.165, 1.54) is 167 Å². The van der Waals surface area contributed by atoms with Crippen LogP contribution in [0.2, 0.25) is 0 Å². The van der Waals surface area contributed by atoms with Crippen molar-refractivity contribution in [3.05, 3.63) is 0 Å². The predicted molar refractivity (Wildman–Crippen MR) is 176 cm³/mol. The molecule has 0 N–H and O–H groups in total. The maximum atomic E-state index is 10.5. The highest BCUT2D eigenvalue weighted by Crippen LogP contribution is 2.25. The summed E-state index contributed by atoms with van der Waals surface area (Å²) in [4.78, 5) is 13.1. The van der Waals surface area contributed by atoms with Gasteiger partial charge in [0.25, 0.3) is 0 Å². The second-order valence-electron chi connectivity index (χ2n) is 13.2. The first kappa shape index (κ1) is 37.6. The van der Waals surface area contributed by atoms with Gasteiger partial charge >= 0.3 is 0 Å². The Hall–Kier alpha value is -0.410. The van der Waals surface area contributed by atoms with E-state index in [-0.39, 0.29) is 0 Å². The third-order valence-electron chi connectivity index (χ3n) is 9.55. The Kier molecular flexibility index (Phi) is 28.3. The van der Waals surface area contributed by atoms with E-state index in [0.29, 0.717) is 0 Å². The number of nitrogens with zero attached hydrogens (tertiary/aromatic N) is 1. The van der Waals surface area contributed by atoms with Crippen molar-refractivity contribution in [2.45, 2.75) is 187 Å². The first-order chi connectivity index (χ1) is 19.8. The minimum absolute atomic E-state index is 0.752. The molecule has 1 atom stereocenters. The molecule has 0 aliphatic carbocycles. The lowest BCUT2D eigenvalue weighted by molar-refractivity contribution is -0.107. The zero-order valence-electron chi connectivity index (χ0n) is 27.6. The van der Waals surface area contributed by atoms with Crippen molar-refractivity contribution in [3.8, 4) is 0 Å². The van der Waals surface area contributed by atoms with Crippen LogP contribution in [-0.2, 0) is 9.53 Å². The number of aldehydes is 1. The Balaban J connectivity index is 2.11. The van der Waals surface area contributed by atoms with Gasteiger partial charge in [-0.3, -0.25) is 4.90 Å². The molecule has 0 aromatic carbocycles. The Labute approximate surface area is 252 Å². The second kappa shape index (κ2) is 30.1. The fraction of sp³-hybridized carbons (Fsp3) is 0.973. The molecule has 0 spiro atoms. The fourth-order valence-corrected chi connectivity index (χ4v) is 6.72. The monoisotopic (exact) mass is 564 g/mol. The highest BCUT2D eigenvalue weighted by molar-refractivity contribution is 5.48. The number of ether oxygens (including phenoxy) is 1. The number of rotatable bonds is 31. The molecule has 1 heterocycles. The maximum Gasteiger partial charge on any atom is 0.119 e. The van der Waals surface area contributed by atoms with Gasteiger partial charge in [0.05, 0.1) is 13.2 Å². The number of unbranched alkanes of at least 4 members (excludes halogenated alkanes) is 17. The lowest BCUT2D eigenvalue weighted by Crippen LogP contribution is -2.37. The molecule has 0 aromatic rings. The fourth-order valence-electron chi connectivity index (χ4n) is 6.72. The van der Waals surface area contributed by atoms with Crippen LogP contribution < -0.4 is 0 Å². The van der Waals surface area contributed by atoms with Crippen molar-refractivity contribution in [3.63, 3.8) is 0 Å². The van der Waals surface area contributed by atoms with E-state index in [2.05, 4.69) is 18.7 Å². The summed E-state index contributed by atoms with van der Waals surface area (Å²) >= 11 is 0. The van der Waals surface area contributed by atoms with Gasteiger partial charge < -0.3 is 9.53 Å². The molecule has 1 rings (SSSR count). The van der Waals surface area contributed by atoms with Crippen LogP contribution in [-0.4, -0.2) is 44.0 Å². The predicted octanol–water partition coefficient (Wildman–Crippen LogP) is 11.3. The standard InChI is InChI=1S/C37H73NO2/c1-3-5-18-24-36(25-19-6-4-2)26-20-14-10-7-8-11-15-21-27-37(29-30-38-31-34-40-35-32-38)28-22-16-12-9-13-17-23-33-39/h33,36-37H,3-32,34-35H2,1-2H3. The topological polar surface area (TPSA) is 29.5 Å². The molecule has 3 heteroatoms. The van der Waals surface area contributed by atoms with Crippen molar-refractivity contribution in [2.75, 3.05) is 32.8 Å².